The minimum atomic E-state index is 0.139. The molecule has 0 saturated carbocycles. The highest BCUT2D eigenvalue weighted by Gasteiger charge is 2.26. The minimum absolute atomic E-state index is 0.139. The van der Waals surface area contributed by atoms with E-state index in [1.807, 2.05) is 4.90 Å². The van der Waals surface area contributed by atoms with Crippen LogP contribution in [0.5, 0.6) is 0 Å². The number of anilines is 1. The molecule has 100 valence electrons. The predicted molar refractivity (Wildman–Crippen MR) is 77.3 cm³/mol. The molecule has 1 amide bonds. The van der Waals surface area contributed by atoms with Crippen LogP contribution in [0.15, 0.2) is 0 Å². The van der Waals surface area contributed by atoms with Gasteiger partial charge in [-0.3, -0.25) is 4.79 Å². The van der Waals surface area contributed by atoms with E-state index in [1.54, 1.807) is 11.3 Å². The molecule has 0 aliphatic carbocycles. The summed E-state index contributed by atoms with van der Waals surface area (Å²) in [6, 6.07) is 0. The highest BCUT2D eigenvalue weighted by atomic mass is 32.1. The molecule has 18 heavy (non-hydrogen) atoms. The lowest BCUT2D eigenvalue weighted by molar-refractivity contribution is 0.0724. The van der Waals surface area contributed by atoms with Gasteiger partial charge < -0.3 is 10.6 Å². The number of aryl methyl sites for hydroxylation is 1. The zero-order chi connectivity index (χ0) is 13.3. The number of rotatable bonds is 2. The van der Waals surface area contributed by atoms with E-state index in [1.165, 1.54) is 11.3 Å². The van der Waals surface area contributed by atoms with Crippen molar-refractivity contribution in [1.29, 1.82) is 0 Å². The van der Waals surface area contributed by atoms with Crippen LogP contribution in [-0.4, -0.2) is 23.9 Å². The van der Waals surface area contributed by atoms with Crippen molar-refractivity contribution in [2.45, 2.75) is 46.0 Å². The first-order valence-electron chi connectivity index (χ1n) is 6.70. The third kappa shape index (κ3) is 2.39. The normalized spacial score (nSPS) is 16.3. The monoisotopic (exact) mass is 266 g/mol. The van der Waals surface area contributed by atoms with Gasteiger partial charge in [-0.1, -0.05) is 13.8 Å². The summed E-state index contributed by atoms with van der Waals surface area (Å²) in [5.41, 5.74) is 7.98. The number of piperidine rings is 1. The van der Waals surface area contributed by atoms with Crippen molar-refractivity contribution in [1.82, 2.24) is 4.90 Å². The lowest BCUT2D eigenvalue weighted by atomic mass is 9.97. The van der Waals surface area contributed by atoms with Gasteiger partial charge in [0.15, 0.2) is 0 Å². The molecule has 1 aromatic heterocycles. The summed E-state index contributed by atoms with van der Waals surface area (Å²) in [4.78, 5) is 15.8. The molecule has 0 unspecified atom stereocenters. The molecular weight excluding hydrogens is 244 g/mol. The summed E-state index contributed by atoms with van der Waals surface area (Å²) in [7, 11) is 0. The van der Waals surface area contributed by atoms with Crippen molar-refractivity contribution in [2.24, 2.45) is 0 Å². The van der Waals surface area contributed by atoms with E-state index < -0.39 is 0 Å². The SMILES string of the molecule is Cc1sc(N)c(C(=O)N2CCCCC2)c1C(C)C. The van der Waals surface area contributed by atoms with E-state index in [0.29, 0.717) is 10.9 Å². The number of likely N-dealkylation sites (tertiary alicyclic amines) is 1. The highest BCUT2D eigenvalue weighted by molar-refractivity contribution is 7.16. The summed E-state index contributed by atoms with van der Waals surface area (Å²) in [5.74, 6) is 0.488. The third-order valence-corrected chi connectivity index (χ3v) is 4.54. The van der Waals surface area contributed by atoms with Gasteiger partial charge in [0.1, 0.15) is 0 Å². The van der Waals surface area contributed by atoms with Gasteiger partial charge in [0, 0.05) is 18.0 Å². The Morgan fingerprint density at radius 2 is 1.89 bits per heavy atom. The molecule has 2 rings (SSSR count). The number of nitrogen functional groups attached to an aromatic ring is 1. The van der Waals surface area contributed by atoms with Gasteiger partial charge in [0.2, 0.25) is 0 Å². The number of nitrogens with two attached hydrogens (primary N) is 1. The van der Waals surface area contributed by atoms with Gasteiger partial charge in [-0.15, -0.1) is 11.3 Å². The minimum Gasteiger partial charge on any atom is -0.390 e. The Balaban J connectivity index is 2.34. The Kier molecular flexibility index (Phi) is 3.95. The fourth-order valence-corrected chi connectivity index (χ4v) is 3.83. The molecule has 1 saturated heterocycles. The van der Waals surface area contributed by atoms with Gasteiger partial charge >= 0.3 is 0 Å². The van der Waals surface area contributed by atoms with Crippen LogP contribution >= 0.6 is 11.3 Å². The van der Waals surface area contributed by atoms with Crippen molar-refractivity contribution < 1.29 is 4.79 Å². The first kappa shape index (κ1) is 13.4. The number of thiophene rings is 1. The van der Waals surface area contributed by atoms with Crippen LogP contribution in [0.25, 0.3) is 0 Å². The van der Waals surface area contributed by atoms with Crippen molar-refractivity contribution in [3.8, 4) is 0 Å². The molecule has 0 radical (unpaired) electrons. The van der Waals surface area contributed by atoms with E-state index in [4.69, 9.17) is 5.73 Å². The highest BCUT2D eigenvalue weighted by Crippen LogP contribution is 2.36. The van der Waals surface area contributed by atoms with Gasteiger partial charge in [0.05, 0.1) is 10.6 Å². The number of amides is 1. The number of carbonyl (C=O) groups excluding carboxylic acids is 1. The zero-order valence-corrected chi connectivity index (χ0v) is 12.3. The summed E-state index contributed by atoms with van der Waals surface area (Å²) in [6.07, 6.45) is 3.47. The standard InChI is InChI=1S/C14H22N2OS/c1-9(2)11-10(3)18-13(15)12(11)14(17)16-7-5-4-6-8-16/h9H,4-8,15H2,1-3H3. The second kappa shape index (κ2) is 5.31. The lowest BCUT2D eigenvalue weighted by Gasteiger charge is -2.27. The fraction of sp³-hybridized carbons (Fsp3) is 0.643. The largest absolute Gasteiger partial charge is 0.390 e. The molecule has 2 heterocycles. The van der Waals surface area contributed by atoms with Crippen molar-refractivity contribution in [3.63, 3.8) is 0 Å². The number of hydrogen-bond acceptors (Lipinski definition) is 3. The average molecular weight is 266 g/mol. The Hall–Kier alpha value is -1.03. The third-order valence-electron chi connectivity index (χ3n) is 3.59. The van der Waals surface area contributed by atoms with Crippen LogP contribution in [-0.2, 0) is 0 Å². The summed E-state index contributed by atoms with van der Waals surface area (Å²) < 4.78 is 0. The molecule has 3 nitrogen and oxygen atoms in total. The Bertz CT molecular complexity index is 445. The van der Waals surface area contributed by atoms with Crippen LogP contribution in [0.2, 0.25) is 0 Å². The molecule has 4 heteroatoms. The van der Waals surface area contributed by atoms with E-state index in [0.717, 1.165) is 37.1 Å². The summed E-state index contributed by atoms with van der Waals surface area (Å²) >= 11 is 1.55. The molecular formula is C14H22N2OS. The number of nitrogens with zero attached hydrogens (tertiary/aromatic N) is 1. The van der Waals surface area contributed by atoms with Crippen LogP contribution in [0.4, 0.5) is 5.00 Å². The Labute approximate surface area is 113 Å². The maximum atomic E-state index is 12.6. The second-order valence-electron chi connectivity index (χ2n) is 5.32. The van der Waals surface area contributed by atoms with E-state index in [-0.39, 0.29) is 5.91 Å². The summed E-state index contributed by atoms with van der Waals surface area (Å²) in [6.45, 7) is 8.07. The first-order valence-corrected chi connectivity index (χ1v) is 7.52. The molecule has 1 aromatic rings. The molecule has 2 N–H and O–H groups in total. The van der Waals surface area contributed by atoms with E-state index in [9.17, 15) is 4.79 Å². The smallest absolute Gasteiger partial charge is 0.257 e. The average Bonchev–Trinajstić information content (AvgIpc) is 2.64. The number of hydrogen-bond donors (Lipinski definition) is 1. The fourth-order valence-electron chi connectivity index (χ4n) is 2.75. The predicted octanol–water partition coefficient (Wildman–Crippen LogP) is 3.39. The first-order chi connectivity index (χ1) is 8.52. The molecule has 0 aromatic carbocycles. The van der Waals surface area contributed by atoms with Gasteiger partial charge in [0.25, 0.3) is 5.91 Å². The quantitative estimate of drug-likeness (QED) is 0.892. The lowest BCUT2D eigenvalue weighted by Crippen LogP contribution is -2.36. The Morgan fingerprint density at radius 3 is 2.44 bits per heavy atom. The van der Waals surface area contributed by atoms with Crippen molar-refractivity contribution in [2.75, 3.05) is 18.8 Å². The Morgan fingerprint density at radius 1 is 1.28 bits per heavy atom. The van der Waals surface area contributed by atoms with Crippen LogP contribution in [0.1, 0.15) is 59.8 Å². The van der Waals surface area contributed by atoms with Crippen LogP contribution < -0.4 is 5.73 Å². The molecule has 1 aliphatic heterocycles. The van der Waals surface area contributed by atoms with Crippen molar-refractivity contribution >= 4 is 22.2 Å². The van der Waals surface area contributed by atoms with Crippen molar-refractivity contribution in [3.05, 3.63) is 16.0 Å². The molecule has 1 aliphatic rings. The summed E-state index contributed by atoms with van der Waals surface area (Å²) in [5, 5.41) is 0.687. The second-order valence-corrected chi connectivity index (χ2v) is 6.58. The molecule has 0 atom stereocenters. The maximum absolute atomic E-state index is 12.6. The van der Waals surface area contributed by atoms with Gasteiger partial charge in [-0.25, -0.2) is 0 Å². The molecule has 0 spiro atoms. The number of carbonyl (C=O) groups is 1. The topological polar surface area (TPSA) is 46.3 Å². The van der Waals surface area contributed by atoms with Crippen LogP contribution in [0, 0.1) is 6.92 Å². The zero-order valence-electron chi connectivity index (χ0n) is 11.5. The van der Waals surface area contributed by atoms with Gasteiger partial charge in [-0.2, -0.15) is 0 Å². The van der Waals surface area contributed by atoms with Crippen LogP contribution in [0.3, 0.4) is 0 Å². The maximum Gasteiger partial charge on any atom is 0.257 e. The van der Waals surface area contributed by atoms with E-state index >= 15 is 0 Å². The molecule has 1 fully saturated rings. The molecule has 0 bridgehead atoms. The van der Waals surface area contributed by atoms with E-state index in [2.05, 4.69) is 20.8 Å². The van der Waals surface area contributed by atoms with Gasteiger partial charge in [-0.05, 0) is 37.7 Å².